The minimum atomic E-state index is -0.225. The summed E-state index contributed by atoms with van der Waals surface area (Å²) in [5.74, 6) is 0. The van der Waals surface area contributed by atoms with Crippen molar-refractivity contribution in [1.29, 1.82) is 0 Å². The number of aromatic nitrogens is 1. The number of para-hydroxylation sites is 3. The lowest BCUT2D eigenvalue weighted by Gasteiger charge is -2.33. The molecular formula is C55H38N2O. The molecule has 0 N–H and O–H groups in total. The van der Waals surface area contributed by atoms with E-state index >= 15 is 0 Å². The van der Waals surface area contributed by atoms with E-state index in [2.05, 4.69) is 217 Å². The molecule has 1 aliphatic carbocycles. The van der Waals surface area contributed by atoms with Gasteiger partial charge >= 0.3 is 0 Å². The second kappa shape index (κ2) is 12.3. The van der Waals surface area contributed by atoms with Gasteiger partial charge < -0.3 is 13.9 Å². The average Bonchev–Trinajstić information content (AvgIpc) is 3.90. The summed E-state index contributed by atoms with van der Waals surface area (Å²) in [4.78, 5) is 2.50. The molecule has 2 heterocycles. The van der Waals surface area contributed by atoms with Gasteiger partial charge in [0.2, 0.25) is 0 Å². The molecule has 2 aromatic heterocycles. The minimum absolute atomic E-state index is 0.225. The van der Waals surface area contributed by atoms with Gasteiger partial charge in [0.25, 0.3) is 0 Å². The van der Waals surface area contributed by atoms with Crippen molar-refractivity contribution in [1.82, 2.24) is 4.57 Å². The normalized spacial score (nSPS) is 13.1. The van der Waals surface area contributed by atoms with E-state index in [0.717, 1.165) is 55.5 Å². The minimum Gasteiger partial charge on any atom is -0.455 e. The van der Waals surface area contributed by atoms with E-state index in [1.165, 1.54) is 55.1 Å². The van der Waals surface area contributed by atoms with Crippen LogP contribution in [0.1, 0.15) is 25.0 Å². The standard InChI is InChI=1S/C55H38N2O/c1-55(2)47-24-9-5-20-41(47)44-23-14-28-51(53(44)55)57(38-17-13-16-37(34-38)56-49-26-11-7-21-42(49)43-22-8-12-27-50(43)56)48-25-10-6-18-39(48)36-30-32-52-46(33-36)45-31-29-35-15-3-4-19-40(35)54(45)58-52/h3-34H,1-2H3. The van der Waals surface area contributed by atoms with E-state index in [-0.39, 0.29) is 5.41 Å². The molecule has 0 unspecified atom stereocenters. The highest BCUT2D eigenvalue weighted by Gasteiger charge is 2.39. The van der Waals surface area contributed by atoms with Crippen molar-refractivity contribution in [2.24, 2.45) is 0 Å². The maximum atomic E-state index is 6.57. The van der Waals surface area contributed by atoms with Gasteiger partial charge in [0, 0.05) is 49.3 Å². The van der Waals surface area contributed by atoms with Gasteiger partial charge in [-0.3, -0.25) is 0 Å². The Morgan fingerprint density at radius 2 is 1.12 bits per heavy atom. The lowest BCUT2D eigenvalue weighted by molar-refractivity contribution is 0.661. The van der Waals surface area contributed by atoms with Crippen molar-refractivity contribution < 1.29 is 4.42 Å². The monoisotopic (exact) mass is 742 g/mol. The van der Waals surface area contributed by atoms with Crippen molar-refractivity contribution in [3.05, 3.63) is 205 Å². The Labute approximate surface area is 336 Å². The molecule has 0 saturated heterocycles. The number of rotatable bonds is 5. The highest BCUT2D eigenvalue weighted by atomic mass is 16.3. The quantitative estimate of drug-likeness (QED) is 0.175. The first-order valence-electron chi connectivity index (χ1n) is 20.1. The van der Waals surface area contributed by atoms with Crippen LogP contribution in [0.25, 0.3) is 82.5 Å². The molecule has 0 amide bonds. The molecular weight excluding hydrogens is 705 g/mol. The summed E-state index contributed by atoms with van der Waals surface area (Å²) >= 11 is 0. The molecule has 12 rings (SSSR count). The van der Waals surface area contributed by atoms with E-state index in [9.17, 15) is 0 Å². The molecule has 0 radical (unpaired) electrons. The first-order valence-corrected chi connectivity index (χ1v) is 20.1. The molecule has 0 fully saturated rings. The van der Waals surface area contributed by atoms with Crippen LogP contribution in [0.3, 0.4) is 0 Å². The Balaban J connectivity index is 1.11. The maximum absolute atomic E-state index is 6.57. The van der Waals surface area contributed by atoms with E-state index in [4.69, 9.17) is 4.42 Å². The molecule has 0 atom stereocenters. The van der Waals surface area contributed by atoms with Crippen LogP contribution >= 0.6 is 0 Å². The van der Waals surface area contributed by atoms with Crippen LogP contribution in [-0.4, -0.2) is 4.57 Å². The summed E-state index contributed by atoms with van der Waals surface area (Å²) in [6, 6.07) is 70.7. The van der Waals surface area contributed by atoms with Gasteiger partial charge in [-0.15, -0.1) is 0 Å². The van der Waals surface area contributed by atoms with Crippen molar-refractivity contribution in [2.45, 2.75) is 19.3 Å². The Hall–Kier alpha value is -7.36. The predicted molar refractivity (Wildman–Crippen MR) is 243 cm³/mol. The molecule has 58 heavy (non-hydrogen) atoms. The largest absolute Gasteiger partial charge is 0.455 e. The Morgan fingerprint density at radius 3 is 1.95 bits per heavy atom. The van der Waals surface area contributed by atoms with Crippen molar-refractivity contribution in [2.75, 3.05) is 4.90 Å². The zero-order valence-corrected chi connectivity index (χ0v) is 32.3. The number of fused-ring (bicyclic) bond motifs is 11. The Bertz CT molecular complexity index is 3400. The molecule has 0 bridgehead atoms. The number of benzene rings is 9. The highest BCUT2D eigenvalue weighted by Crippen LogP contribution is 2.55. The van der Waals surface area contributed by atoms with Gasteiger partial charge in [0.05, 0.1) is 22.4 Å². The second-order valence-electron chi connectivity index (χ2n) is 16.1. The summed E-state index contributed by atoms with van der Waals surface area (Å²) in [5, 5.41) is 7.06. The molecule has 3 heteroatoms. The molecule has 11 aromatic rings. The third kappa shape index (κ3) is 4.68. The fraction of sp³-hybridized carbons (Fsp3) is 0.0545. The van der Waals surface area contributed by atoms with Gasteiger partial charge in [-0.25, -0.2) is 0 Å². The third-order valence-corrected chi connectivity index (χ3v) is 12.5. The summed E-state index contributed by atoms with van der Waals surface area (Å²) < 4.78 is 8.99. The van der Waals surface area contributed by atoms with Crippen molar-refractivity contribution >= 4 is 71.6 Å². The van der Waals surface area contributed by atoms with Gasteiger partial charge in [-0.2, -0.15) is 0 Å². The molecule has 0 aliphatic heterocycles. The SMILES string of the molecule is CC1(C)c2ccccc2-c2cccc(N(c3cccc(-n4c5ccccc5c5ccccc54)c3)c3ccccc3-c3ccc4oc5c6ccccc6ccc5c4c3)c21. The van der Waals surface area contributed by atoms with Crippen LogP contribution in [0.2, 0.25) is 0 Å². The fourth-order valence-corrected chi connectivity index (χ4v) is 9.97. The van der Waals surface area contributed by atoms with Gasteiger partial charge in [0.1, 0.15) is 11.2 Å². The van der Waals surface area contributed by atoms with Crippen LogP contribution < -0.4 is 4.90 Å². The lowest BCUT2D eigenvalue weighted by atomic mass is 9.81. The number of furan rings is 1. The summed E-state index contributed by atoms with van der Waals surface area (Å²) in [6.45, 7) is 4.75. The fourth-order valence-electron chi connectivity index (χ4n) is 9.97. The second-order valence-corrected chi connectivity index (χ2v) is 16.1. The van der Waals surface area contributed by atoms with Crippen LogP contribution in [0.4, 0.5) is 17.1 Å². The first kappa shape index (κ1) is 32.8. The van der Waals surface area contributed by atoms with Crippen LogP contribution in [0.15, 0.2) is 199 Å². The highest BCUT2D eigenvalue weighted by molar-refractivity contribution is 6.16. The topological polar surface area (TPSA) is 21.3 Å². The number of anilines is 3. The van der Waals surface area contributed by atoms with Crippen LogP contribution in [0, 0.1) is 0 Å². The lowest BCUT2D eigenvalue weighted by Crippen LogP contribution is -2.21. The smallest absolute Gasteiger partial charge is 0.143 e. The van der Waals surface area contributed by atoms with Crippen molar-refractivity contribution in [3.8, 4) is 27.9 Å². The molecule has 9 aromatic carbocycles. The maximum Gasteiger partial charge on any atom is 0.143 e. The van der Waals surface area contributed by atoms with Gasteiger partial charge in [-0.1, -0.05) is 147 Å². The molecule has 1 aliphatic rings. The third-order valence-electron chi connectivity index (χ3n) is 12.5. The summed E-state index contributed by atoms with van der Waals surface area (Å²) in [7, 11) is 0. The van der Waals surface area contributed by atoms with Crippen LogP contribution in [0.5, 0.6) is 0 Å². The first-order chi connectivity index (χ1) is 28.5. The Kier molecular flexibility index (Phi) is 6.98. The molecule has 0 spiro atoms. The van der Waals surface area contributed by atoms with E-state index in [1.54, 1.807) is 0 Å². The van der Waals surface area contributed by atoms with E-state index < -0.39 is 0 Å². The summed E-state index contributed by atoms with van der Waals surface area (Å²) in [5.41, 5.74) is 16.0. The zero-order chi connectivity index (χ0) is 38.5. The average molecular weight is 743 g/mol. The van der Waals surface area contributed by atoms with Crippen molar-refractivity contribution in [3.63, 3.8) is 0 Å². The molecule has 0 saturated carbocycles. The van der Waals surface area contributed by atoms with Crippen LogP contribution in [-0.2, 0) is 5.41 Å². The molecule has 274 valence electrons. The zero-order valence-electron chi connectivity index (χ0n) is 32.3. The Morgan fingerprint density at radius 1 is 0.466 bits per heavy atom. The number of hydrogen-bond acceptors (Lipinski definition) is 2. The number of hydrogen-bond donors (Lipinski definition) is 0. The summed E-state index contributed by atoms with van der Waals surface area (Å²) in [6.07, 6.45) is 0. The van der Waals surface area contributed by atoms with E-state index in [1.807, 2.05) is 0 Å². The predicted octanol–water partition coefficient (Wildman–Crippen LogP) is 15.3. The molecule has 3 nitrogen and oxygen atoms in total. The number of nitrogens with zero attached hydrogens (tertiary/aromatic N) is 2. The van der Waals surface area contributed by atoms with Gasteiger partial charge in [-0.05, 0) is 93.9 Å². The van der Waals surface area contributed by atoms with Gasteiger partial charge in [0.15, 0.2) is 0 Å². The van der Waals surface area contributed by atoms with E-state index in [0.29, 0.717) is 0 Å².